The predicted octanol–water partition coefficient (Wildman–Crippen LogP) is 4.23. The van der Waals surface area contributed by atoms with E-state index in [0.717, 1.165) is 30.1 Å². The first-order valence-electron chi connectivity index (χ1n) is 12.4. The topological polar surface area (TPSA) is 65.9 Å². The molecule has 1 fully saturated rings. The summed E-state index contributed by atoms with van der Waals surface area (Å²) in [5.74, 6) is 0.596. The second kappa shape index (κ2) is 10.8. The monoisotopic (exact) mass is 469 g/mol. The molecule has 4 rings (SSSR count). The van der Waals surface area contributed by atoms with Gasteiger partial charge >= 0.3 is 0 Å². The number of aromatic nitrogens is 1. The van der Waals surface area contributed by atoms with Crippen LogP contribution in [0.1, 0.15) is 49.9 Å². The van der Waals surface area contributed by atoms with Crippen LogP contribution < -0.4 is 4.74 Å². The molecule has 2 aliphatic rings. The number of nitrogens with zero attached hydrogens (tertiary/aromatic N) is 3. The SMILES string of the molecule is C[C@H]1CN([C@@H](C)CO)C(=O)c2cc(-c3ccc(F)cc3)cnc2O[C@@H]1CN(C)CC1CCCC1. The number of fused-ring (bicyclic) bond motifs is 1. The highest BCUT2D eigenvalue weighted by Gasteiger charge is 2.34. The third-order valence-electron chi connectivity index (χ3n) is 7.23. The lowest BCUT2D eigenvalue weighted by Crippen LogP contribution is -2.50. The van der Waals surface area contributed by atoms with E-state index in [1.165, 1.54) is 37.8 Å². The Labute approximate surface area is 201 Å². The third kappa shape index (κ3) is 5.58. The molecule has 0 spiro atoms. The van der Waals surface area contributed by atoms with Crippen LogP contribution in [0.25, 0.3) is 11.1 Å². The lowest BCUT2D eigenvalue weighted by Gasteiger charge is -2.38. The standard InChI is InChI=1S/C27H36FN3O3/c1-18-14-31(19(2)17-32)27(33)24-12-22(21-8-10-23(28)11-9-21)13-29-26(24)34-25(18)16-30(3)15-20-6-4-5-7-20/h8-13,18-20,25,32H,4-7,14-17H2,1-3H3/t18-,19-,25+/m0/s1. The maximum atomic E-state index is 13.6. The molecule has 1 aromatic heterocycles. The second-order valence-electron chi connectivity index (χ2n) is 10.1. The number of halogens is 1. The van der Waals surface area contributed by atoms with Gasteiger partial charge in [0, 0.05) is 37.3 Å². The van der Waals surface area contributed by atoms with Crippen molar-refractivity contribution in [1.82, 2.24) is 14.8 Å². The van der Waals surface area contributed by atoms with Crippen LogP contribution in [0.2, 0.25) is 0 Å². The highest BCUT2D eigenvalue weighted by atomic mass is 19.1. The first-order chi connectivity index (χ1) is 16.4. The average Bonchev–Trinajstić information content (AvgIpc) is 3.34. The number of hydrogen-bond acceptors (Lipinski definition) is 5. The van der Waals surface area contributed by atoms with Gasteiger partial charge in [-0.25, -0.2) is 9.37 Å². The van der Waals surface area contributed by atoms with Gasteiger partial charge in [-0.2, -0.15) is 0 Å². The number of carbonyl (C=O) groups is 1. The minimum Gasteiger partial charge on any atom is -0.472 e. The minimum absolute atomic E-state index is 0.0655. The molecule has 2 aromatic rings. The first-order valence-corrected chi connectivity index (χ1v) is 12.4. The minimum atomic E-state index is -0.327. The number of amides is 1. The molecule has 0 unspecified atom stereocenters. The van der Waals surface area contributed by atoms with Gasteiger partial charge in [0.15, 0.2) is 0 Å². The number of rotatable bonds is 7. The van der Waals surface area contributed by atoms with Crippen molar-refractivity contribution in [2.45, 2.75) is 51.7 Å². The summed E-state index contributed by atoms with van der Waals surface area (Å²) in [7, 11) is 2.14. The van der Waals surface area contributed by atoms with Crippen LogP contribution in [0.3, 0.4) is 0 Å². The molecule has 184 valence electrons. The van der Waals surface area contributed by atoms with Crippen molar-refractivity contribution in [2.24, 2.45) is 11.8 Å². The number of pyridine rings is 1. The first kappa shape index (κ1) is 24.6. The Morgan fingerprint density at radius 1 is 1.21 bits per heavy atom. The van der Waals surface area contributed by atoms with Crippen molar-refractivity contribution in [2.75, 3.05) is 33.3 Å². The molecule has 1 amide bonds. The summed E-state index contributed by atoms with van der Waals surface area (Å²) in [5, 5.41) is 9.85. The van der Waals surface area contributed by atoms with Gasteiger partial charge in [0.1, 0.15) is 17.5 Å². The number of benzene rings is 1. The zero-order chi connectivity index (χ0) is 24.2. The molecular formula is C27H36FN3O3. The maximum Gasteiger partial charge on any atom is 0.259 e. The van der Waals surface area contributed by atoms with Gasteiger partial charge in [-0.1, -0.05) is 31.9 Å². The normalized spacial score (nSPS) is 22.3. The largest absolute Gasteiger partial charge is 0.472 e. The maximum absolute atomic E-state index is 13.6. The summed E-state index contributed by atoms with van der Waals surface area (Å²) in [6, 6.07) is 7.57. The van der Waals surface area contributed by atoms with E-state index in [9.17, 15) is 14.3 Å². The molecule has 0 radical (unpaired) electrons. The lowest BCUT2D eigenvalue weighted by molar-refractivity contribution is 0.0320. The van der Waals surface area contributed by atoms with E-state index < -0.39 is 0 Å². The van der Waals surface area contributed by atoms with E-state index >= 15 is 0 Å². The molecule has 7 heteroatoms. The number of likely N-dealkylation sites (N-methyl/N-ethyl adjacent to an activating group) is 1. The molecule has 1 aliphatic carbocycles. The number of aliphatic hydroxyl groups is 1. The molecule has 1 aliphatic heterocycles. The van der Waals surface area contributed by atoms with Crippen molar-refractivity contribution in [3.63, 3.8) is 0 Å². The smallest absolute Gasteiger partial charge is 0.259 e. The fourth-order valence-electron chi connectivity index (χ4n) is 5.14. The van der Waals surface area contributed by atoms with E-state index in [1.54, 1.807) is 29.3 Å². The summed E-state index contributed by atoms with van der Waals surface area (Å²) >= 11 is 0. The molecule has 2 heterocycles. The van der Waals surface area contributed by atoms with Crippen LogP contribution in [-0.2, 0) is 0 Å². The van der Waals surface area contributed by atoms with Gasteiger partial charge in [0.05, 0.1) is 12.6 Å². The number of ether oxygens (including phenoxy) is 1. The summed E-state index contributed by atoms with van der Waals surface area (Å²) in [5.41, 5.74) is 1.86. The number of aliphatic hydroxyl groups excluding tert-OH is 1. The molecule has 1 N–H and O–H groups in total. The molecule has 1 saturated carbocycles. The fourth-order valence-corrected chi connectivity index (χ4v) is 5.14. The van der Waals surface area contributed by atoms with Crippen LogP contribution in [0, 0.1) is 17.7 Å². The van der Waals surface area contributed by atoms with Crippen molar-refractivity contribution >= 4 is 5.91 Å². The molecule has 6 nitrogen and oxygen atoms in total. The van der Waals surface area contributed by atoms with Crippen LogP contribution >= 0.6 is 0 Å². The lowest BCUT2D eigenvalue weighted by atomic mass is 9.98. The van der Waals surface area contributed by atoms with Gasteiger partial charge < -0.3 is 19.6 Å². The molecule has 34 heavy (non-hydrogen) atoms. The molecule has 3 atom stereocenters. The van der Waals surface area contributed by atoms with Gasteiger partial charge in [0.2, 0.25) is 5.88 Å². The van der Waals surface area contributed by atoms with E-state index in [1.807, 2.05) is 6.92 Å². The van der Waals surface area contributed by atoms with E-state index in [-0.39, 0.29) is 36.4 Å². The Bertz CT molecular complexity index is 978. The Kier molecular flexibility index (Phi) is 7.84. The Morgan fingerprint density at radius 3 is 2.59 bits per heavy atom. The van der Waals surface area contributed by atoms with E-state index in [4.69, 9.17) is 4.74 Å². The van der Waals surface area contributed by atoms with E-state index in [2.05, 4.69) is 23.9 Å². The van der Waals surface area contributed by atoms with Crippen LogP contribution in [-0.4, -0.2) is 71.2 Å². The van der Waals surface area contributed by atoms with Crippen LogP contribution in [0.4, 0.5) is 4.39 Å². The van der Waals surface area contributed by atoms with Crippen LogP contribution in [0.15, 0.2) is 36.5 Å². The highest BCUT2D eigenvalue weighted by molar-refractivity contribution is 5.98. The van der Waals surface area contributed by atoms with Crippen molar-refractivity contribution in [3.8, 4) is 17.0 Å². The summed E-state index contributed by atoms with van der Waals surface area (Å²) in [6.07, 6.45) is 6.74. The van der Waals surface area contributed by atoms with Gasteiger partial charge in [-0.15, -0.1) is 0 Å². The van der Waals surface area contributed by atoms with Gasteiger partial charge in [-0.05, 0) is 56.5 Å². The molecular weight excluding hydrogens is 433 g/mol. The summed E-state index contributed by atoms with van der Waals surface area (Å²) in [6.45, 7) is 6.11. The Hall–Kier alpha value is -2.51. The average molecular weight is 470 g/mol. The Morgan fingerprint density at radius 2 is 1.91 bits per heavy atom. The Balaban J connectivity index is 1.64. The van der Waals surface area contributed by atoms with Crippen molar-refractivity contribution < 1.29 is 19.0 Å². The van der Waals surface area contributed by atoms with E-state index in [0.29, 0.717) is 18.0 Å². The zero-order valence-electron chi connectivity index (χ0n) is 20.4. The molecule has 1 aromatic carbocycles. The fraction of sp³-hybridized carbons (Fsp3) is 0.556. The third-order valence-corrected chi connectivity index (χ3v) is 7.23. The summed E-state index contributed by atoms with van der Waals surface area (Å²) in [4.78, 5) is 22.2. The van der Waals surface area contributed by atoms with Gasteiger partial charge in [0.25, 0.3) is 5.91 Å². The quantitative estimate of drug-likeness (QED) is 0.658. The summed E-state index contributed by atoms with van der Waals surface area (Å²) < 4.78 is 19.8. The van der Waals surface area contributed by atoms with Crippen LogP contribution in [0.5, 0.6) is 5.88 Å². The van der Waals surface area contributed by atoms with Crippen molar-refractivity contribution in [3.05, 3.63) is 47.9 Å². The van der Waals surface area contributed by atoms with Crippen molar-refractivity contribution in [1.29, 1.82) is 0 Å². The molecule has 0 saturated heterocycles. The zero-order valence-corrected chi connectivity index (χ0v) is 20.4. The molecule has 0 bridgehead atoms. The van der Waals surface area contributed by atoms with Gasteiger partial charge in [-0.3, -0.25) is 4.79 Å². The predicted molar refractivity (Wildman–Crippen MR) is 130 cm³/mol. The second-order valence-corrected chi connectivity index (χ2v) is 10.1. The number of carbonyl (C=O) groups excluding carboxylic acids is 1. The highest BCUT2D eigenvalue weighted by Crippen LogP contribution is 2.31. The number of hydrogen-bond donors (Lipinski definition) is 1.